The monoisotopic (exact) mass is 274 g/mol. The second kappa shape index (κ2) is 10.0. The minimum absolute atomic E-state index is 0.781. The molecule has 0 aromatic heterocycles. The zero-order chi connectivity index (χ0) is 14.8. The van der Waals surface area contributed by atoms with Gasteiger partial charge in [-0.1, -0.05) is 55.7 Å². The van der Waals surface area contributed by atoms with Gasteiger partial charge in [0.05, 0.1) is 0 Å². The van der Waals surface area contributed by atoms with Gasteiger partial charge in [-0.25, -0.2) is 0 Å². The summed E-state index contributed by atoms with van der Waals surface area (Å²) < 4.78 is 0. The summed E-state index contributed by atoms with van der Waals surface area (Å²) in [6, 6.07) is 0. The van der Waals surface area contributed by atoms with Crippen LogP contribution < -0.4 is 0 Å². The van der Waals surface area contributed by atoms with E-state index in [9.17, 15) is 0 Å². The van der Waals surface area contributed by atoms with Gasteiger partial charge in [0.2, 0.25) is 0 Å². The van der Waals surface area contributed by atoms with Crippen LogP contribution in [-0.2, 0) is 0 Å². The molecule has 114 valence electrons. The van der Waals surface area contributed by atoms with Crippen molar-refractivity contribution in [2.75, 3.05) is 0 Å². The smallest absolute Gasteiger partial charge is 0.0111 e. The van der Waals surface area contributed by atoms with Gasteiger partial charge in [0.25, 0.3) is 0 Å². The summed E-state index contributed by atoms with van der Waals surface area (Å²) in [7, 11) is 0. The number of unbranched alkanes of at least 4 members (excludes halogenated alkanes) is 2. The lowest BCUT2D eigenvalue weighted by molar-refractivity contribution is 0.503. The van der Waals surface area contributed by atoms with Gasteiger partial charge < -0.3 is 0 Å². The first-order valence-electron chi connectivity index (χ1n) is 8.58. The number of hydrogen-bond donors (Lipinski definition) is 0. The first-order valence-corrected chi connectivity index (χ1v) is 8.58. The third kappa shape index (κ3) is 7.72. The van der Waals surface area contributed by atoms with Gasteiger partial charge in [-0.3, -0.25) is 0 Å². The van der Waals surface area contributed by atoms with E-state index in [4.69, 9.17) is 0 Å². The first-order chi connectivity index (χ1) is 9.61. The second-order valence-electron chi connectivity index (χ2n) is 6.84. The van der Waals surface area contributed by atoms with E-state index in [1.54, 1.807) is 11.1 Å². The highest BCUT2D eigenvalue weighted by molar-refractivity contribution is 5.17. The minimum Gasteiger partial charge on any atom is -0.0917 e. The lowest BCUT2D eigenvalue weighted by Crippen LogP contribution is -2.03. The number of rotatable bonds is 7. The molecule has 0 fully saturated rings. The standard InChI is InChI=1S/C20H34/c1-5-6-7-8-9-12-19-13-10-11-18(4)15-20(16-19)14-17(2)3/h5-6,11,16-17,19H,7-10,12-15H2,1-4H3. The Labute approximate surface area is 127 Å². The molecule has 20 heavy (non-hydrogen) atoms. The molecule has 0 aliphatic heterocycles. The van der Waals surface area contributed by atoms with Crippen molar-refractivity contribution in [3.8, 4) is 0 Å². The van der Waals surface area contributed by atoms with Crippen molar-refractivity contribution in [1.29, 1.82) is 0 Å². The average molecular weight is 274 g/mol. The molecule has 0 N–H and O–H groups in total. The van der Waals surface area contributed by atoms with Crippen LogP contribution in [0.25, 0.3) is 0 Å². The van der Waals surface area contributed by atoms with E-state index in [1.807, 2.05) is 0 Å². The SMILES string of the molecule is CC=CCCCCC1C=C(CC(C)C)CC(C)=CCC1. The molecular formula is C20H34. The van der Waals surface area contributed by atoms with Crippen LogP contribution in [0.1, 0.15) is 79.1 Å². The van der Waals surface area contributed by atoms with Crippen molar-refractivity contribution in [2.45, 2.75) is 79.1 Å². The molecule has 0 heterocycles. The average Bonchev–Trinajstić information content (AvgIpc) is 2.35. The molecule has 0 amide bonds. The summed E-state index contributed by atoms with van der Waals surface area (Å²) in [4.78, 5) is 0. The van der Waals surface area contributed by atoms with Gasteiger partial charge >= 0.3 is 0 Å². The minimum atomic E-state index is 0.781. The van der Waals surface area contributed by atoms with E-state index in [2.05, 4.69) is 52.0 Å². The van der Waals surface area contributed by atoms with E-state index < -0.39 is 0 Å². The molecule has 0 heteroatoms. The molecule has 0 nitrogen and oxygen atoms in total. The highest BCUT2D eigenvalue weighted by atomic mass is 14.2. The van der Waals surface area contributed by atoms with Crippen molar-refractivity contribution < 1.29 is 0 Å². The Morgan fingerprint density at radius 3 is 2.80 bits per heavy atom. The summed E-state index contributed by atoms with van der Waals surface area (Å²) in [6.45, 7) is 9.09. The number of hydrogen-bond acceptors (Lipinski definition) is 0. The molecule has 0 saturated heterocycles. The fourth-order valence-corrected chi connectivity index (χ4v) is 3.18. The van der Waals surface area contributed by atoms with Crippen molar-refractivity contribution in [3.63, 3.8) is 0 Å². The number of allylic oxidation sites excluding steroid dienone is 6. The van der Waals surface area contributed by atoms with Crippen LogP contribution in [0.3, 0.4) is 0 Å². The topological polar surface area (TPSA) is 0 Å². The Hall–Kier alpha value is -0.780. The highest BCUT2D eigenvalue weighted by Crippen LogP contribution is 2.28. The molecular weight excluding hydrogens is 240 g/mol. The van der Waals surface area contributed by atoms with Crippen LogP contribution in [0.2, 0.25) is 0 Å². The summed E-state index contributed by atoms with van der Waals surface area (Å²) in [5.74, 6) is 1.60. The maximum absolute atomic E-state index is 2.63. The summed E-state index contributed by atoms with van der Waals surface area (Å²) >= 11 is 0. The van der Waals surface area contributed by atoms with E-state index in [0.29, 0.717) is 0 Å². The van der Waals surface area contributed by atoms with Crippen LogP contribution >= 0.6 is 0 Å². The van der Waals surface area contributed by atoms with E-state index in [0.717, 1.165) is 11.8 Å². The Bertz CT molecular complexity index is 341. The molecule has 0 saturated carbocycles. The summed E-state index contributed by atoms with van der Waals surface area (Å²) in [6.07, 6.45) is 20.1. The maximum atomic E-state index is 2.63. The van der Waals surface area contributed by atoms with Crippen molar-refractivity contribution in [1.82, 2.24) is 0 Å². The lowest BCUT2D eigenvalue weighted by atomic mass is 9.86. The maximum Gasteiger partial charge on any atom is -0.0111 e. The Balaban J connectivity index is 2.50. The molecule has 0 aromatic carbocycles. The molecule has 1 aliphatic carbocycles. The van der Waals surface area contributed by atoms with Crippen LogP contribution in [0.4, 0.5) is 0 Å². The van der Waals surface area contributed by atoms with Crippen LogP contribution in [0.5, 0.6) is 0 Å². The Morgan fingerprint density at radius 2 is 2.10 bits per heavy atom. The van der Waals surface area contributed by atoms with Gasteiger partial charge in [0.1, 0.15) is 0 Å². The van der Waals surface area contributed by atoms with E-state index in [-0.39, 0.29) is 0 Å². The molecule has 1 unspecified atom stereocenters. The molecule has 1 rings (SSSR count). The van der Waals surface area contributed by atoms with Gasteiger partial charge in [0, 0.05) is 0 Å². The largest absolute Gasteiger partial charge is 0.0917 e. The fourth-order valence-electron chi connectivity index (χ4n) is 3.18. The third-order valence-electron chi connectivity index (χ3n) is 4.11. The Kier molecular flexibility index (Phi) is 8.65. The lowest BCUT2D eigenvalue weighted by Gasteiger charge is -2.19. The van der Waals surface area contributed by atoms with Gasteiger partial charge in [-0.2, -0.15) is 0 Å². The zero-order valence-electron chi connectivity index (χ0n) is 14.1. The van der Waals surface area contributed by atoms with Gasteiger partial charge in [-0.15, -0.1) is 0 Å². The molecule has 0 radical (unpaired) electrons. The molecule has 0 aromatic rings. The van der Waals surface area contributed by atoms with Crippen LogP contribution in [-0.4, -0.2) is 0 Å². The second-order valence-corrected chi connectivity index (χ2v) is 6.84. The third-order valence-corrected chi connectivity index (χ3v) is 4.11. The van der Waals surface area contributed by atoms with Crippen LogP contribution in [0, 0.1) is 11.8 Å². The van der Waals surface area contributed by atoms with Gasteiger partial charge in [-0.05, 0) is 70.6 Å². The predicted octanol–water partition coefficient (Wildman–Crippen LogP) is 6.84. The molecule has 1 aliphatic rings. The van der Waals surface area contributed by atoms with Crippen LogP contribution in [0.15, 0.2) is 35.5 Å². The zero-order valence-corrected chi connectivity index (χ0v) is 14.1. The molecule has 0 bridgehead atoms. The first kappa shape index (κ1) is 17.3. The van der Waals surface area contributed by atoms with E-state index in [1.165, 1.54) is 51.4 Å². The van der Waals surface area contributed by atoms with Crippen molar-refractivity contribution >= 4 is 0 Å². The summed E-state index contributed by atoms with van der Waals surface area (Å²) in [5, 5.41) is 0. The molecule has 1 atom stereocenters. The molecule has 0 spiro atoms. The predicted molar refractivity (Wildman–Crippen MR) is 91.9 cm³/mol. The summed E-state index contributed by atoms with van der Waals surface area (Å²) in [5.41, 5.74) is 3.26. The van der Waals surface area contributed by atoms with Crippen molar-refractivity contribution in [2.24, 2.45) is 11.8 Å². The van der Waals surface area contributed by atoms with Gasteiger partial charge in [0.15, 0.2) is 0 Å². The Morgan fingerprint density at radius 1 is 1.30 bits per heavy atom. The van der Waals surface area contributed by atoms with E-state index >= 15 is 0 Å². The quantitative estimate of drug-likeness (QED) is 0.352. The fraction of sp³-hybridized carbons (Fsp3) is 0.700. The van der Waals surface area contributed by atoms with Crippen molar-refractivity contribution in [3.05, 3.63) is 35.5 Å². The highest BCUT2D eigenvalue weighted by Gasteiger charge is 2.11. The normalized spacial score (nSPS) is 20.8.